The molecule has 0 bridgehead atoms. The van der Waals surface area contributed by atoms with Crippen molar-refractivity contribution >= 4 is 11.9 Å². The lowest BCUT2D eigenvalue weighted by atomic mass is 9.89. The van der Waals surface area contributed by atoms with E-state index >= 15 is 0 Å². The van der Waals surface area contributed by atoms with Crippen molar-refractivity contribution in [3.05, 3.63) is 69.9 Å². The summed E-state index contributed by atoms with van der Waals surface area (Å²) in [5.41, 5.74) is 0.413. The predicted molar refractivity (Wildman–Crippen MR) is 105 cm³/mol. The molecule has 0 radical (unpaired) electrons. The fraction of sp³-hybridized carbons (Fsp3) is 0.381. The molecule has 2 aromatic rings. The van der Waals surface area contributed by atoms with Gasteiger partial charge in [0, 0.05) is 51.8 Å². The molecular weight excluding hydrogens is 375 g/mol. The van der Waals surface area contributed by atoms with Crippen molar-refractivity contribution in [2.45, 2.75) is 6.04 Å². The largest absolute Gasteiger partial charge is 0.338 e. The van der Waals surface area contributed by atoms with Crippen molar-refractivity contribution in [2.24, 2.45) is 11.8 Å². The van der Waals surface area contributed by atoms with Crippen LogP contribution >= 0.6 is 0 Å². The summed E-state index contributed by atoms with van der Waals surface area (Å²) < 4.78 is 13.9. The molecule has 4 rings (SSSR count). The number of pyridine rings is 1. The van der Waals surface area contributed by atoms with Crippen LogP contribution in [0.5, 0.6) is 0 Å². The fourth-order valence-electron chi connectivity index (χ4n) is 4.54. The van der Waals surface area contributed by atoms with E-state index in [1.807, 2.05) is 6.07 Å². The molecular formula is C21H23FN4O3. The Morgan fingerprint density at radius 1 is 1.14 bits per heavy atom. The summed E-state index contributed by atoms with van der Waals surface area (Å²) in [5.74, 6) is -0.624. The van der Waals surface area contributed by atoms with Crippen molar-refractivity contribution in [1.82, 2.24) is 19.7 Å². The quantitative estimate of drug-likeness (QED) is 0.840. The summed E-state index contributed by atoms with van der Waals surface area (Å²) >= 11 is 0. The lowest BCUT2D eigenvalue weighted by Gasteiger charge is -2.31. The number of urea groups is 1. The Bertz CT molecular complexity index is 1010. The summed E-state index contributed by atoms with van der Waals surface area (Å²) in [7, 11) is 3.38. The number of rotatable bonds is 2. The van der Waals surface area contributed by atoms with Gasteiger partial charge in [0.25, 0.3) is 11.5 Å². The lowest BCUT2D eigenvalue weighted by Crippen LogP contribution is -2.42. The maximum atomic E-state index is 13.9. The molecule has 0 unspecified atom stereocenters. The summed E-state index contributed by atoms with van der Waals surface area (Å²) in [4.78, 5) is 45.1. The molecule has 29 heavy (non-hydrogen) atoms. The fourth-order valence-corrected chi connectivity index (χ4v) is 4.54. The van der Waals surface area contributed by atoms with Gasteiger partial charge in [-0.1, -0.05) is 12.1 Å². The van der Waals surface area contributed by atoms with Crippen LogP contribution in [0.3, 0.4) is 0 Å². The maximum absolute atomic E-state index is 13.9. The summed E-state index contributed by atoms with van der Waals surface area (Å²) in [5, 5.41) is 0. The molecule has 3 amide bonds. The molecule has 2 aliphatic rings. The minimum atomic E-state index is -0.416. The van der Waals surface area contributed by atoms with Crippen molar-refractivity contribution in [2.75, 3.05) is 33.7 Å². The maximum Gasteiger partial charge on any atom is 0.320 e. The molecule has 1 aromatic carbocycles. The third-order valence-corrected chi connectivity index (χ3v) is 5.82. The Labute approximate surface area is 167 Å². The second kappa shape index (κ2) is 7.35. The van der Waals surface area contributed by atoms with E-state index in [9.17, 15) is 18.8 Å². The molecule has 8 heteroatoms. The molecule has 152 valence electrons. The second-order valence-corrected chi connectivity index (χ2v) is 7.88. The number of nitrogens with one attached hydrogen (secondary N) is 1. The van der Waals surface area contributed by atoms with Gasteiger partial charge < -0.3 is 19.7 Å². The van der Waals surface area contributed by atoms with E-state index in [4.69, 9.17) is 0 Å². The van der Waals surface area contributed by atoms with Gasteiger partial charge in [-0.25, -0.2) is 9.18 Å². The topological polar surface area (TPSA) is 76.7 Å². The average Bonchev–Trinajstić information content (AvgIpc) is 3.25. The summed E-state index contributed by atoms with van der Waals surface area (Å²) in [6.45, 7) is 1.36. The first-order valence-electron chi connectivity index (χ1n) is 9.57. The van der Waals surface area contributed by atoms with Gasteiger partial charge in [0.2, 0.25) is 0 Å². The van der Waals surface area contributed by atoms with Crippen LogP contribution in [0.4, 0.5) is 9.18 Å². The summed E-state index contributed by atoms with van der Waals surface area (Å²) in [6.07, 6.45) is 1.49. The van der Waals surface area contributed by atoms with Gasteiger partial charge in [-0.2, -0.15) is 0 Å². The molecule has 3 atom stereocenters. The molecule has 2 saturated heterocycles. The zero-order valence-corrected chi connectivity index (χ0v) is 16.3. The van der Waals surface area contributed by atoms with Gasteiger partial charge in [-0.3, -0.25) is 9.59 Å². The Balaban J connectivity index is 1.64. The van der Waals surface area contributed by atoms with Crippen LogP contribution in [0.15, 0.2) is 47.4 Å². The number of likely N-dealkylation sites (tertiary alicyclic amines) is 2. The lowest BCUT2D eigenvalue weighted by molar-refractivity contribution is 0.0764. The van der Waals surface area contributed by atoms with E-state index < -0.39 is 5.56 Å². The van der Waals surface area contributed by atoms with Crippen LogP contribution in [0.2, 0.25) is 0 Å². The molecule has 0 spiro atoms. The molecule has 3 heterocycles. The number of fused-ring (bicyclic) bond motifs is 1. The Morgan fingerprint density at radius 3 is 2.62 bits per heavy atom. The highest BCUT2D eigenvalue weighted by molar-refractivity contribution is 5.94. The van der Waals surface area contributed by atoms with Gasteiger partial charge in [0.05, 0.1) is 6.04 Å². The van der Waals surface area contributed by atoms with Crippen LogP contribution < -0.4 is 5.56 Å². The van der Waals surface area contributed by atoms with Crippen LogP contribution in [0.1, 0.15) is 22.0 Å². The van der Waals surface area contributed by atoms with E-state index in [0.717, 1.165) is 5.56 Å². The average molecular weight is 398 g/mol. The number of hydrogen-bond donors (Lipinski definition) is 1. The van der Waals surface area contributed by atoms with E-state index in [-0.39, 0.29) is 41.2 Å². The van der Waals surface area contributed by atoms with Gasteiger partial charge in [-0.05, 0) is 29.8 Å². The molecule has 0 saturated carbocycles. The smallest absolute Gasteiger partial charge is 0.320 e. The van der Waals surface area contributed by atoms with Gasteiger partial charge in [0.15, 0.2) is 0 Å². The minimum absolute atomic E-state index is 0.0209. The first-order valence-corrected chi connectivity index (χ1v) is 9.57. The zero-order valence-electron chi connectivity index (χ0n) is 16.3. The number of amides is 3. The number of benzene rings is 1. The van der Waals surface area contributed by atoms with Crippen molar-refractivity contribution in [1.29, 1.82) is 0 Å². The third kappa shape index (κ3) is 3.39. The van der Waals surface area contributed by atoms with Crippen LogP contribution in [0, 0.1) is 17.7 Å². The molecule has 1 aromatic heterocycles. The monoisotopic (exact) mass is 398 g/mol. The SMILES string of the molecule is CN(C)C(=O)N1C[C@H]2CN(C(=O)c3ccc[nH]c3=O)C[C@H]2[C@H]1c1cccc(F)c1. The summed E-state index contributed by atoms with van der Waals surface area (Å²) in [6, 6.07) is 8.97. The highest BCUT2D eigenvalue weighted by Gasteiger charge is 2.50. The number of carbonyl (C=O) groups is 2. The molecule has 1 N–H and O–H groups in total. The standard InChI is InChI=1S/C21H23FN4O3/c1-24(2)21(29)26-11-14-10-25(20(28)16-7-4-8-23-19(16)27)12-17(14)18(26)13-5-3-6-15(22)9-13/h3-9,14,17-18H,10-12H2,1-2H3,(H,23,27)/t14-,17-,18-/m1/s1. The Kier molecular flexibility index (Phi) is 4.86. The number of aromatic amines is 1. The van der Waals surface area contributed by atoms with Gasteiger partial charge in [-0.15, -0.1) is 0 Å². The Hall–Kier alpha value is -3.16. The first-order chi connectivity index (χ1) is 13.9. The number of halogens is 1. The molecule has 2 fully saturated rings. The highest BCUT2D eigenvalue weighted by Crippen LogP contribution is 2.45. The normalized spacial score (nSPS) is 23.2. The van der Waals surface area contributed by atoms with E-state index in [1.165, 1.54) is 29.3 Å². The van der Waals surface area contributed by atoms with E-state index in [2.05, 4.69) is 4.98 Å². The van der Waals surface area contributed by atoms with Crippen molar-refractivity contribution in [3.63, 3.8) is 0 Å². The number of nitrogens with zero attached hydrogens (tertiary/aromatic N) is 3. The second-order valence-electron chi connectivity index (χ2n) is 7.88. The van der Waals surface area contributed by atoms with Crippen LogP contribution in [-0.2, 0) is 0 Å². The van der Waals surface area contributed by atoms with E-state index in [1.54, 1.807) is 36.0 Å². The first kappa shape index (κ1) is 19.2. The number of H-pyrrole nitrogens is 1. The number of aromatic nitrogens is 1. The van der Waals surface area contributed by atoms with Gasteiger partial charge >= 0.3 is 6.03 Å². The van der Waals surface area contributed by atoms with Crippen molar-refractivity contribution < 1.29 is 14.0 Å². The Morgan fingerprint density at radius 2 is 1.93 bits per heavy atom. The minimum Gasteiger partial charge on any atom is -0.338 e. The van der Waals surface area contributed by atoms with Crippen LogP contribution in [-0.4, -0.2) is 65.4 Å². The van der Waals surface area contributed by atoms with Crippen molar-refractivity contribution in [3.8, 4) is 0 Å². The van der Waals surface area contributed by atoms with E-state index in [0.29, 0.717) is 19.6 Å². The molecule has 0 aliphatic carbocycles. The molecule has 2 aliphatic heterocycles. The predicted octanol–water partition coefficient (Wildman–Crippen LogP) is 1.94. The molecule has 7 nitrogen and oxygen atoms in total. The van der Waals surface area contributed by atoms with Crippen LogP contribution in [0.25, 0.3) is 0 Å². The number of carbonyl (C=O) groups excluding carboxylic acids is 2. The van der Waals surface area contributed by atoms with Gasteiger partial charge in [0.1, 0.15) is 11.4 Å². The third-order valence-electron chi connectivity index (χ3n) is 5.82. The zero-order chi connectivity index (χ0) is 20.7. The number of hydrogen-bond acceptors (Lipinski definition) is 3. The highest BCUT2D eigenvalue weighted by atomic mass is 19.1.